The van der Waals surface area contributed by atoms with E-state index in [4.69, 9.17) is 9.05 Å². The van der Waals surface area contributed by atoms with Gasteiger partial charge in [-0.2, -0.15) is 0 Å². The molecule has 506 valence electrons. The van der Waals surface area contributed by atoms with Crippen molar-refractivity contribution in [3.05, 3.63) is 24.3 Å². The lowest BCUT2D eigenvalue weighted by molar-refractivity contribution is -0.870. The zero-order chi connectivity index (χ0) is 61.9. The van der Waals surface area contributed by atoms with Crippen molar-refractivity contribution in [3.63, 3.8) is 0 Å². The number of aliphatic hydroxyl groups excluding tert-OH is 1. The predicted octanol–water partition coefficient (Wildman–Crippen LogP) is 24.0. The van der Waals surface area contributed by atoms with Crippen molar-refractivity contribution in [3.8, 4) is 0 Å². The van der Waals surface area contributed by atoms with Crippen LogP contribution in [0.3, 0.4) is 0 Å². The fourth-order valence-corrected chi connectivity index (χ4v) is 12.7. The molecule has 9 heteroatoms. The molecule has 85 heavy (non-hydrogen) atoms. The summed E-state index contributed by atoms with van der Waals surface area (Å²) in [5.74, 6) is -0.188. The molecular weight excluding hydrogens is 1070 g/mol. The van der Waals surface area contributed by atoms with E-state index in [1.54, 1.807) is 6.08 Å². The van der Waals surface area contributed by atoms with E-state index in [9.17, 15) is 19.4 Å². The number of rotatable bonds is 72. The quantitative estimate of drug-likeness (QED) is 0.0272. The second-order valence-corrected chi connectivity index (χ2v) is 29.1. The lowest BCUT2D eigenvalue weighted by Gasteiger charge is -2.29. The van der Waals surface area contributed by atoms with E-state index < -0.39 is 20.0 Å². The summed E-state index contributed by atoms with van der Waals surface area (Å²) < 4.78 is 23.5. The lowest BCUT2D eigenvalue weighted by Crippen LogP contribution is -2.45. The van der Waals surface area contributed by atoms with Gasteiger partial charge in [-0.05, 0) is 44.9 Å². The molecule has 8 nitrogen and oxygen atoms in total. The molecule has 0 aromatic rings. The number of allylic oxidation sites excluding steroid dienone is 3. The van der Waals surface area contributed by atoms with Gasteiger partial charge in [0.15, 0.2) is 0 Å². The van der Waals surface area contributed by atoms with Gasteiger partial charge in [0.25, 0.3) is 7.82 Å². The Bertz CT molecular complexity index is 1430. The summed E-state index contributed by atoms with van der Waals surface area (Å²) in [4.78, 5) is 25.7. The highest BCUT2D eigenvalue weighted by Gasteiger charge is 2.23. The van der Waals surface area contributed by atoms with Gasteiger partial charge in [-0.25, -0.2) is 0 Å². The Morgan fingerprint density at radius 1 is 0.400 bits per heavy atom. The van der Waals surface area contributed by atoms with Crippen molar-refractivity contribution in [1.29, 1.82) is 0 Å². The first-order valence-electron chi connectivity index (χ1n) is 38.2. The second kappa shape index (κ2) is 67.4. The Morgan fingerprint density at radius 2 is 0.647 bits per heavy atom. The zero-order valence-corrected chi connectivity index (χ0v) is 59.0. The molecular formula is C76H151N2O6P. The molecule has 0 aromatic heterocycles. The van der Waals surface area contributed by atoms with Crippen molar-refractivity contribution in [2.45, 2.75) is 418 Å². The van der Waals surface area contributed by atoms with Crippen LogP contribution in [0, 0.1) is 0 Å². The minimum absolute atomic E-state index is 0.00206. The van der Waals surface area contributed by atoms with Gasteiger partial charge in [0.2, 0.25) is 5.91 Å². The maximum Gasteiger partial charge on any atom is 0.268 e. The normalized spacial score (nSPS) is 13.6. The van der Waals surface area contributed by atoms with Gasteiger partial charge in [0.05, 0.1) is 39.9 Å². The standard InChI is InChI=1S/C76H151N2O6P/c1-6-8-10-12-14-16-18-20-22-24-26-28-30-32-34-36-38-40-41-43-45-47-49-51-53-55-57-59-61-63-65-67-69-75(79)74(73-84-85(81,82)83-72-71-78(3,4)5)77-76(80)70-68-66-64-62-60-58-56-54-52-50-48-46-44-42-39-37-35-33-31-29-27-25-23-21-19-17-15-13-11-9-7-2/h25,27,67,69,74-75,79H,6-24,26,28-66,68,70-73H2,1-5H3,(H-,77,80,81,82)/b27-25-,69-67+. The average Bonchev–Trinajstić information content (AvgIpc) is 3.49. The molecule has 0 aromatic carbocycles. The molecule has 0 spiro atoms. The van der Waals surface area contributed by atoms with Crippen LogP contribution in [-0.2, 0) is 18.4 Å². The Morgan fingerprint density at radius 3 is 0.918 bits per heavy atom. The molecule has 0 saturated carbocycles. The summed E-state index contributed by atoms with van der Waals surface area (Å²) in [5, 5.41) is 14.0. The third kappa shape index (κ3) is 70.3. The maximum atomic E-state index is 13.1. The fraction of sp³-hybridized carbons (Fsp3) is 0.934. The molecule has 0 radical (unpaired) electrons. The summed E-state index contributed by atoms with van der Waals surface area (Å²) in [6.07, 6.45) is 89.0. The van der Waals surface area contributed by atoms with E-state index in [0.29, 0.717) is 17.4 Å². The van der Waals surface area contributed by atoms with Crippen molar-refractivity contribution in [2.75, 3.05) is 40.9 Å². The highest BCUT2D eigenvalue weighted by atomic mass is 31.2. The third-order valence-electron chi connectivity index (χ3n) is 17.9. The molecule has 0 fully saturated rings. The number of phosphoric ester groups is 1. The molecule has 3 unspecified atom stereocenters. The Labute approximate surface area is 532 Å². The van der Waals surface area contributed by atoms with Crippen LogP contribution < -0.4 is 10.2 Å². The molecule has 3 atom stereocenters. The number of unbranched alkanes of at least 4 members (excludes halogenated alkanes) is 57. The molecule has 0 bridgehead atoms. The topological polar surface area (TPSA) is 108 Å². The van der Waals surface area contributed by atoms with E-state index in [0.717, 1.165) is 38.5 Å². The number of amides is 1. The van der Waals surface area contributed by atoms with E-state index in [1.165, 1.54) is 347 Å². The Hall–Kier alpha value is -1.02. The van der Waals surface area contributed by atoms with E-state index in [-0.39, 0.29) is 19.1 Å². The van der Waals surface area contributed by atoms with Gasteiger partial charge < -0.3 is 28.8 Å². The van der Waals surface area contributed by atoms with Crippen LogP contribution in [0.5, 0.6) is 0 Å². The van der Waals surface area contributed by atoms with E-state index in [2.05, 4.69) is 31.3 Å². The molecule has 0 saturated heterocycles. The van der Waals surface area contributed by atoms with Crippen LogP contribution >= 0.6 is 7.82 Å². The van der Waals surface area contributed by atoms with Crippen LogP contribution in [0.1, 0.15) is 406 Å². The molecule has 0 aliphatic rings. The number of carbonyl (C=O) groups is 1. The van der Waals surface area contributed by atoms with Gasteiger partial charge in [0, 0.05) is 6.42 Å². The average molecular weight is 1220 g/mol. The highest BCUT2D eigenvalue weighted by molar-refractivity contribution is 7.45. The molecule has 0 aliphatic carbocycles. The van der Waals surface area contributed by atoms with Gasteiger partial charge in [-0.1, -0.05) is 378 Å². The number of carbonyl (C=O) groups excluding carboxylic acids is 1. The maximum absolute atomic E-state index is 13.1. The number of likely N-dealkylation sites (N-methyl/N-ethyl adjacent to an activating group) is 1. The van der Waals surface area contributed by atoms with Gasteiger partial charge in [0.1, 0.15) is 13.2 Å². The van der Waals surface area contributed by atoms with Crippen molar-refractivity contribution >= 4 is 13.7 Å². The third-order valence-corrected chi connectivity index (χ3v) is 18.9. The summed E-state index contributed by atoms with van der Waals surface area (Å²) >= 11 is 0. The molecule has 0 aliphatic heterocycles. The predicted molar refractivity (Wildman–Crippen MR) is 372 cm³/mol. The summed E-state index contributed by atoms with van der Waals surface area (Å²) in [6.45, 7) is 4.72. The molecule has 0 heterocycles. The first-order chi connectivity index (χ1) is 41.5. The molecule has 1 amide bonds. The van der Waals surface area contributed by atoms with Crippen LogP contribution in [0.25, 0.3) is 0 Å². The summed E-state index contributed by atoms with van der Waals surface area (Å²) in [7, 11) is 1.28. The lowest BCUT2D eigenvalue weighted by atomic mass is 10.0. The first kappa shape index (κ1) is 84.0. The Balaban J connectivity index is 3.98. The largest absolute Gasteiger partial charge is 0.756 e. The smallest absolute Gasteiger partial charge is 0.268 e. The van der Waals surface area contributed by atoms with Gasteiger partial charge in [-0.15, -0.1) is 0 Å². The second-order valence-electron chi connectivity index (χ2n) is 27.7. The van der Waals surface area contributed by atoms with Crippen LogP contribution in [0.15, 0.2) is 24.3 Å². The fourth-order valence-electron chi connectivity index (χ4n) is 12.0. The number of aliphatic hydroxyl groups is 1. The minimum atomic E-state index is -4.60. The number of quaternary nitrogens is 1. The van der Waals surface area contributed by atoms with Gasteiger partial charge >= 0.3 is 0 Å². The summed E-state index contributed by atoms with van der Waals surface area (Å²) in [5.41, 5.74) is 0. The van der Waals surface area contributed by atoms with Crippen molar-refractivity contribution < 1.29 is 32.9 Å². The number of nitrogens with one attached hydrogen (secondary N) is 1. The van der Waals surface area contributed by atoms with Gasteiger partial charge in [-0.3, -0.25) is 9.36 Å². The Kier molecular flexibility index (Phi) is 66.6. The number of nitrogens with zero attached hydrogens (tertiary/aromatic N) is 1. The van der Waals surface area contributed by atoms with Crippen LogP contribution in [0.4, 0.5) is 0 Å². The molecule has 0 rings (SSSR count). The van der Waals surface area contributed by atoms with Crippen molar-refractivity contribution in [1.82, 2.24) is 5.32 Å². The number of hydrogen-bond acceptors (Lipinski definition) is 6. The highest BCUT2D eigenvalue weighted by Crippen LogP contribution is 2.38. The monoisotopic (exact) mass is 1220 g/mol. The number of hydrogen-bond donors (Lipinski definition) is 2. The molecule has 2 N–H and O–H groups in total. The SMILES string of the molecule is CCCCCCCCCC/C=C\CCCCCCCCCCCCCCCCCCCCCC(=O)NC(COP(=O)([O-])OCC[N+](C)(C)C)C(O)/C=C/CCCCCCCCCCCCCCCCCCCCCCCCCCCCCCCC. The first-order valence-corrected chi connectivity index (χ1v) is 39.7. The van der Waals surface area contributed by atoms with Crippen molar-refractivity contribution in [2.24, 2.45) is 0 Å². The van der Waals surface area contributed by atoms with Crippen LogP contribution in [0.2, 0.25) is 0 Å². The van der Waals surface area contributed by atoms with E-state index >= 15 is 0 Å². The van der Waals surface area contributed by atoms with Crippen LogP contribution in [-0.4, -0.2) is 68.5 Å². The summed E-state index contributed by atoms with van der Waals surface area (Å²) in [6, 6.07) is -0.886. The zero-order valence-electron chi connectivity index (χ0n) is 58.1. The minimum Gasteiger partial charge on any atom is -0.756 e. The van der Waals surface area contributed by atoms with E-state index in [1.807, 2.05) is 27.2 Å². The number of phosphoric acid groups is 1.